The molecule has 0 saturated carbocycles. The molecule has 17 heavy (non-hydrogen) atoms. The summed E-state index contributed by atoms with van der Waals surface area (Å²) >= 11 is 0. The maximum atomic E-state index is 5.40. The molecule has 1 saturated heterocycles. The largest absolute Gasteiger partial charge is 0.454 e. The summed E-state index contributed by atoms with van der Waals surface area (Å²) in [7, 11) is 2.19. The Morgan fingerprint density at radius 2 is 2.24 bits per heavy atom. The molecular weight excluding hydrogens is 216 g/mol. The highest BCUT2D eigenvalue weighted by Gasteiger charge is 2.20. The Kier molecular flexibility index (Phi) is 2.91. The Bertz CT molecular complexity index is 408. The Morgan fingerprint density at radius 3 is 3.12 bits per heavy atom. The molecule has 0 bridgehead atoms. The van der Waals surface area contributed by atoms with Crippen LogP contribution < -0.4 is 14.8 Å². The van der Waals surface area contributed by atoms with Crippen LogP contribution in [-0.2, 0) is 6.42 Å². The summed E-state index contributed by atoms with van der Waals surface area (Å²) in [6.07, 6.45) is 1.06. The molecular formula is C13H18N2O2. The van der Waals surface area contributed by atoms with Crippen molar-refractivity contribution in [2.45, 2.75) is 12.5 Å². The highest BCUT2D eigenvalue weighted by molar-refractivity contribution is 5.44. The minimum atomic E-state index is 0.351. The molecule has 1 aromatic rings. The van der Waals surface area contributed by atoms with Crippen molar-refractivity contribution in [2.24, 2.45) is 0 Å². The van der Waals surface area contributed by atoms with Crippen molar-refractivity contribution in [1.82, 2.24) is 10.2 Å². The first kappa shape index (κ1) is 10.9. The van der Waals surface area contributed by atoms with Gasteiger partial charge in [-0.2, -0.15) is 0 Å². The first-order valence-corrected chi connectivity index (χ1v) is 6.12. The molecule has 2 heterocycles. The lowest BCUT2D eigenvalue weighted by Crippen LogP contribution is -2.50. The molecule has 1 aromatic carbocycles. The monoisotopic (exact) mass is 234 g/mol. The van der Waals surface area contributed by atoms with E-state index in [2.05, 4.69) is 29.4 Å². The fraction of sp³-hybridized carbons (Fsp3) is 0.538. The van der Waals surface area contributed by atoms with Crippen molar-refractivity contribution in [3.05, 3.63) is 23.8 Å². The number of hydrogen-bond donors (Lipinski definition) is 1. The van der Waals surface area contributed by atoms with Gasteiger partial charge in [0.05, 0.1) is 0 Å². The van der Waals surface area contributed by atoms with Crippen LogP contribution in [-0.4, -0.2) is 44.4 Å². The van der Waals surface area contributed by atoms with Crippen LogP contribution in [0.5, 0.6) is 11.5 Å². The van der Waals surface area contributed by atoms with Crippen LogP contribution in [0, 0.1) is 0 Å². The van der Waals surface area contributed by atoms with Gasteiger partial charge in [0.1, 0.15) is 0 Å². The number of nitrogens with zero attached hydrogens (tertiary/aromatic N) is 1. The second-order valence-corrected chi connectivity index (χ2v) is 4.73. The predicted octanol–water partition coefficient (Wildman–Crippen LogP) is 0.861. The van der Waals surface area contributed by atoms with E-state index in [4.69, 9.17) is 9.47 Å². The van der Waals surface area contributed by atoms with Gasteiger partial charge >= 0.3 is 0 Å². The van der Waals surface area contributed by atoms with Crippen LogP contribution in [0.4, 0.5) is 0 Å². The number of ether oxygens (including phenoxy) is 2. The van der Waals surface area contributed by atoms with Crippen LogP contribution in [0.15, 0.2) is 18.2 Å². The van der Waals surface area contributed by atoms with Crippen LogP contribution in [0.2, 0.25) is 0 Å². The van der Waals surface area contributed by atoms with E-state index in [-0.39, 0.29) is 0 Å². The summed E-state index contributed by atoms with van der Waals surface area (Å²) in [6.45, 7) is 3.62. The number of benzene rings is 1. The summed E-state index contributed by atoms with van der Waals surface area (Å²) in [5.41, 5.74) is 1.31. The fourth-order valence-corrected chi connectivity index (χ4v) is 2.43. The second kappa shape index (κ2) is 4.55. The maximum Gasteiger partial charge on any atom is 0.231 e. The van der Waals surface area contributed by atoms with Crippen molar-refractivity contribution in [3.8, 4) is 11.5 Å². The fourth-order valence-electron chi connectivity index (χ4n) is 2.43. The molecule has 2 aliphatic heterocycles. The molecule has 0 aliphatic carbocycles. The Labute approximate surface area is 102 Å². The molecule has 0 amide bonds. The van der Waals surface area contributed by atoms with Gasteiger partial charge in [-0.3, -0.25) is 0 Å². The number of hydrogen-bond acceptors (Lipinski definition) is 4. The van der Waals surface area contributed by atoms with Crippen molar-refractivity contribution < 1.29 is 9.47 Å². The molecule has 0 aromatic heterocycles. The van der Waals surface area contributed by atoms with Gasteiger partial charge in [-0.25, -0.2) is 0 Å². The normalized spacial score (nSPS) is 23.9. The minimum Gasteiger partial charge on any atom is -0.454 e. The number of likely N-dealkylation sites (N-methyl/N-ethyl adjacent to an activating group) is 1. The molecule has 3 rings (SSSR count). The van der Waals surface area contributed by atoms with Crippen LogP contribution >= 0.6 is 0 Å². The third-order valence-corrected chi connectivity index (χ3v) is 3.55. The van der Waals surface area contributed by atoms with E-state index in [1.165, 1.54) is 5.56 Å². The molecule has 0 spiro atoms. The lowest BCUT2D eigenvalue weighted by atomic mass is 10.0. The second-order valence-electron chi connectivity index (χ2n) is 4.73. The third-order valence-electron chi connectivity index (χ3n) is 3.55. The van der Waals surface area contributed by atoms with Crippen LogP contribution in [0.3, 0.4) is 0 Å². The number of rotatable bonds is 2. The molecule has 0 radical (unpaired) electrons. The zero-order valence-electron chi connectivity index (χ0n) is 10.1. The van der Waals surface area contributed by atoms with Gasteiger partial charge < -0.3 is 19.7 Å². The van der Waals surface area contributed by atoms with Gasteiger partial charge in [-0.1, -0.05) is 6.07 Å². The van der Waals surface area contributed by atoms with E-state index in [0.29, 0.717) is 12.8 Å². The van der Waals surface area contributed by atoms with Gasteiger partial charge in [0.25, 0.3) is 0 Å². The zero-order chi connectivity index (χ0) is 11.7. The van der Waals surface area contributed by atoms with E-state index in [1.54, 1.807) is 0 Å². The van der Waals surface area contributed by atoms with E-state index >= 15 is 0 Å². The van der Waals surface area contributed by atoms with Crippen LogP contribution in [0.1, 0.15) is 5.56 Å². The Balaban J connectivity index is 1.72. The predicted molar refractivity (Wildman–Crippen MR) is 65.6 cm³/mol. The SMILES string of the molecule is CN1CCNCC1Cc1ccc2c(c1)OCO2. The van der Waals surface area contributed by atoms with Gasteiger partial charge in [0, 0.05) is 25.7 Å². The van der Waals surface area contributed by atoms with E-state index in [0.717, 1.165) is 37.6 Å². The summed E-state index contributed by atoms with van der Waals surface area (Å²) in [5, 5.41) is 3.44. The van der Waals surface area contributed by atoms with Crippen molar-refractivity contribution in [2.75, 3.05) is 33.5 Å². The molecule has 92 valence electrons. The molecule has 1 N–H and O–H groups in total. The average molecular weight is 234 g/mol. The summed E-state index contributed by atoms with van der Waals surface area (Å²) < 4.78 is 10.7. The Morgan fingerprint density at radius 1 is 1.35 bits per heavy atom. The standard InChI is InChI=1S/C13H18N2O2/c1-15-5-4-14-8-11(15)6-10-2-3-12-13(7-10)17-9-16-12/h2-3,7,11,14H,4-6,8-9H2,1H3. The minimum absolute atomic E-state index is 0.351. The third kappa shape index (κ3) is 2.23. The number of nitrogens with one attached hydrogen (secondary N) is 1. The van der Waals surface area contributed by atoms with Crippen LogP contribution in [0.25, 0.3) is 0 Å². The summed E-state index contributed by atoms with van der Waals surface area (Å²) in [6, 6.07) is 6.82. The quantitative estimate of drug-likeness (QED) is 0.823. The van der Waals surface area contributed by atoms with Crippen molar-refractivity contribution >= 4 is 0 Å². The zero-order valence-corrected chi connectivity index (χ0v) is 10.1. The summed E-state index contributed by atoms with van der Waals surface area (Å²) in [5.74, 6) is 1.75. The van der Waals surface area contributed by atoms with Gasteiger partial charge in [0.15, 0.2) is 11.5 Å². The molecule has 1 fully saturated rings. The summed E-state index contributed by atoms with van der Waals surface area (Å²) in [4.78, 5) is 2.42. The maximum absolute atomic E-state index is 5.40. The van der Waals surface area contributed by atoms with Crippen molar-refractivity contribution in [1.29, 1.82) is 0 Å². The first-order valence-electron chi connectivity index (χ1n) is 6.12. The topological polar surface area (TPSA) is 33.7 Å². The van der Waals surface area contributed by atoms with Gasteiger partial charge in [-0.05, 0) is 31.2 Å². The molecule has 1 atom stereocenters. The van der Waals surface area contributed by atoms with Gasteiger partial charge in [0.2, 0.25) is 6.79 Å². The van der Waals surface area contributed by atoms with Gasteiger partial charge in [-0.15, -0.1) is 0 Å². The van der Waals surface area contributed by atoms with E-state index in [9.17, 15) is 0 Å². The Hall–Kier alpha value is -1.26. The molecule has 2 aliphatic rings. The van der Waals surface area contributed by atoms with Crippen molar-refractivity contribution in [3.63, 3.8) is 0 Å². The molecule has 4 nitrogen and oxygen atoms in total. The highest BCUT2D eigenvalue weighted by Crippen LogP contribution is 2.32. The number of piperazine rings is 1. The molecule has 1 unspecified atom stereocenters. The molecule has 4 heteroatoms. The lowest BCUT2D eigenvalue weighted by molar-refractivity contribution is 0.174. The average Bonchev–Trinajstić information content (AvgIpc) is 2.79. The van der Waals surface area contributed by atoms with E-state index in [1.807, 2.05) is 6.07 Å². The smallest absolute Gasteiger partial charge is 0.231 e. The highest BCUT2D eigenvalue weighted by atomic mass is 16.7. The lowest BCUT2D eigenvalue weighted by Gasteiger charge is -2.33. The first-order chi connectivity index (χ1) is 8.33. The number of fused-ring (bicyclic) bond motifs is 1. The van der Waals surface area contributed by atoms with E-state index < -0.39 is 0 Å².